The number of hydrogen-bond donors (Lipinski definition) is 2. The molecule has 0 saturated heterocycles. The lowest BCUT2D eigenvalue weighted by molar-refractivity contribution is 0.0902. The third-order valence-corrected chi connectivity index (χ3v) is 4.00. The number of benzene rings is 1. The van der Waals surface area contributed by atoms with Crippen LogP contribution in [-0.2, 0) is 0 Å². The first-order valence-corrected chi connectivity index (χ1v) is 8.00. The molecule has 0 bridgehead atoms. The highest BCUT2D eigenvalue weighted by Crippen LogP contribution is 2.23. The highest BCUT2D eigenvalue weighted by molar-refractivity contribution is 5.95. The topological polar surface area (TPSA) is 50.4 Å². The molecular formula is C18H30N2O2. The minimum Gasteiger partial charge on any atom is -0.496 e. The summed E-state index contributed by atoms with van der Waals surface area (Å²) >= 11 is 0. The Balaban J connectivity index is 2.75. The Hall–Kier alpha value is -1.55. The van der Waals surface area contributed by atoms with Crippen molar-refractivity contribution in [3.63, 3.8) is 0 Å². The molecule has 0 aliphatic rings. The Kier molecular flexibility index (Phi) is 6.88. The number of carbonyl (C=O) groups is 1. The molecule has 0 aliphatic heterocycles. The van der Waals surface area contributed by atoms with E-state index in [0.29, 0.717) is 5.56 Å². The first-order valence-electron chi connectivity index (χ1n) is 8.00. The summed E-state index contributed by atoms with van der Waals surface area (Å²) in [6.07, 6.45) is 3.33. The average Bonchev–Trinajstić information content (AvgIpc) is 2.45. The van der Waals surface area contributed by atoms with Crippen LogP contribution in [-0.4, -0.2) is 19.1 Å². The van der Waals surface area contributed by atoms with Gasteiger partial charge < -0.3 is 4.74 Å². The second-order valence-corrected chi connectivity index (χ2v) is 6.79. The molecule has 0 heterocycles. The van der Waals surface area contributed by atoms with E-state index in [0.717, 1.165) is 30.6 Å². The molecule has 1 unspecified atom stereocenters. The van der Waals surface area contributed by atoms with Gasteiger partial charge in [-0.1, -0.05) is 46.6 Å². The third kappa shape index (κ3) is 5.02. The maximum atomic E-state index is 12.4. The van der Waals surface area contributed by atoms with Crippen LogP contribution in [0.1, 0.15) is 62.9 Å². The van der Waals surface area contributed by atoms with Gasteiger partial charge in [0.05, 0.1) is 7.11 Å². The van der Waals surface area contributed by atoms with E-state index in [1.54, 1.807) is 7.11 Å². The number of hydrazine groups is 1. The van der Waals surface area contributed by atoms with Gasteiger partial charge in [-0.2, -0.15) is 0 Å². The second kappa shape index (κ2) is 8.18. The van der Waals surface area contributed by atoms with E-state index in [9.17, 15) is 4.79 Å². The molecule has 0 aliphatic carbocycles. The van der Waals surface area contributed by atoms with E-state index in [1.807, 2.05) is 25.1 Å². The van der Waals surface area contributed by atoms with Gasteiger partial charge in [-0.3, -0.25) is 10.2 Å². The summed E-state index contributed by atoms with van der Waals surface area (Å²) in [5, 5.41) is 0. The summed E-state index contributed by atoms with van der Waals surface area (Å²) in [7, 11) is 1.61. The molecule has 1 aromatic carbocycles. The quantitative estimate of drug-likeness (QED) is 0.752. The molecule has 0 spiro atoms. The highest BCUT2D eigenvalue weighted by atomic mass is 16.5. The lowest BCUT2D eigenvalue weighted by atomic mass is 9.84. The summed E-state index contributed by atoms with van der Waals surface area (Å²) in [6, 6.07) is 5.74. The van der Waals surface area contributed by atoms with Crippen molar-refractivity contribution in [3.8, 4) is 5.75 Å². The number of unbranched alkanes of at least 4 members (excludes halogenated alkanes) is 1. The lowest BCUT2D eigenvalue weighted by Gasteiger charge is -2.31. The van der Waals surface area contributed by atoms with E-state index in [2.05, 4.69) is 38.5 Å². The molecule has 0 saturated carbocycles. The van der Waals surface area contributed by atoms with Crippen LogP contribution in [0.4, 0.5) is 0 Å². The Morgan fingerprint density at radius 1 is 1.32 bits per heavy atom. The Labute approximate surface area is 134 Å². The monoisotopic (exact) mass is 306 g/mol. The van der Waals surface area contributed by atoms with Crippen LogP contribution in [0.25, 0.3) is 0 Å². The molecule has 4 heteroatoms. The maximum absolute atomic E-state index is 12.4. The zero-order chi connectivity index (χ0) is 16.8. The third-order valence-electron chi connectivity index (χ3n) is 4.00. The molecule has 1 atom stereocenters. The van der Waals surface area contributed by atoms with E-state index < -0.39 is 0 Å². The molecule has 22 heavy (non-hydrogen) atoms. The molecule has 0 fully saturated rings. The Bertz CT molecular complexity index is 492. The summed E-state index contributed by atoms with van der Waals surface area (Å²) in [6.45, 7) is 10.6. The Morgan fingerprint density at radius 2 is 2.00 bits per heavy atom. The van der Waals surface area contributed by atoms with Gasteiger partial charge in [0, 0.05) is 17.2 Å². The molecule has 124 valence electrons. The highest BCUT2D eigenvalue weighted by Gasteiger charge is 2.24. The molecule has 1 rings (SSSR count). The minimum atomic E-state index is -0.123. The van der Waals surface area contributed by atoms with Crippen molar-refractivity contribution in [2.24, 2.45) is 5.41 Å². The number of carbonyl (C=O) groups excluding carboxylic acids is 1. The van der Waals surface area contributed by atoms with Crippen LogP contribution in [0.5, 0.6) is 5.75 Å². The second-order valence-electron chi connectivity index (χ2n) is 6.79. The fourth-order valence-corrected chi connectivity index (χ4v) is 2.43. The molecule has 1 amide bonds. The molecule has 0 aromatic heterocycles. The van der Waals surface area contributed by atoms with Crippen molar-refractivity contribution in [2.75, 3.05) is 7.11 Å². The number of nitrogens with one attached hydrogen (secondary N) is 2. The van der Waals surface area contributed by atoms with Crippen molar-refractivity contribution in [2.45, 2.75) is 59.9 Å². The van der Waals surface area contributed by atoms with E-state index in [-0.39, 0.29) is 17.4 Å². The van der Waals surface area contributed by atoms with Crippen LogP contribution in [0, 0.1) is 12.3 Å². The van der Waals surface area contributed by atoms with E-state index in [1.165, 1.54) is 0 Å². The van der Waals surface area contributed by atoms with Crippen molar-refractivity contribution in [3.05, 3.63) is 29.3 Å². The SMILES string of the molecule is CCCCC(NNC(=O)c1cccc(OC)c1C)C(C)(C)C. The first kappa shape index (κ1) is 18.5. The maximum Gasteiger partial charge on any atom is 0.265 e. The van der Waals surface area contributed by atoms with Gasteiger partial charge in [0.15, 0.2) is 0 Å². The van der Waals surface area contributed by atoms with Gasteiger partial charge in [0.1, 0.15) is 5.75 Å². The van der Waals surface area contributed by atoms with Gasteiger partial charge in [0.25, 0.3) is 5.91 Å². The number of rotatable bonds is 7. The molecule has 2 N–H and O–H groups in total. The largest absolute Gasteiger partial charge is 0.496 e. The average molecular weight is 306 g/mol. The van der Waals surface area contributed by atoms with Gasteiger partial charge in [0.2, 0.25) is 0 Å². The zero-order valence-corrected chi connectivity index (χ0v) is 14.7. The predicted octanol–water partition coefficient (Wildman–Crippen LogP) is 3.84. The fraction of sp³-hybridized carbons (Fsp3) is 0.611. The van der Waals surface area contributed by atoms with Gasteiger partial charge in [-0.05, 0) is 30.9 Å². The Morgan fingerprint density at radius 3 is 2.55 bits per heavy atom. The lowest BCUT2D eigenvalue weighted by Crippen LogP contribution is -2.50. The standard InChI is InChI=1S/C18H30N2O2/c1-7-8-12-16(18(3,4)5)19-20-17(21)14-10-9-11-15(22-6)13(14)2/h9-11,16,19H,7-8,12H2,1-6H3,(H,20,21). The first-order chi connectivity index (χ1) is 10.3. The van der Waals surface area contributed by atoms with Crippen LogP contribution >= 0.6 is 0 Å². The number of ether oxygens (including phenoxy) is 1. The van der Waals surface area contributed by atoms with Crippen LogP contribution in [0.2, 0.25) is 0 Å². The summed E-state index contributed by atoms with van der Waals surface area (Å²) < 4.78 is 5.27. The van der Waals surface area contributed by atoms with E-state index in [4.69, 9.17) is 4.74 Å². The fourth-order valence-electron chi connectivity index (χ4n) is 2.43. The normalized spacial score (nSPS) is 12.8. The molecule has 4 nitrogen and oxygen atoms in total. The smallest absolute Gasteiger partial charge is 0.265 e. The predicted molar refractivity (Wildman–Crippen MR) is 91.1 cm³/mol. The summed E-state index contributed by atoms with van der Waals surface area (Å²) in [5.74, 6) is 0.605. The molecule has 1 aromatic rings. The number of amides is 1. The van der Waals surface area contributed by atoms with Crippen molar-refractivity contribution < 1.29 is 9.53 Å². The summed E-state index contributed by atoms with van der Waals surface area (Å²) in [5.41, 5.74) is 7.65. The van der Waals surface area contributed by atoms with Crippen molar-refractivity contribution in [1.82, 2.24) is 10.9 Å². The zero-order valence-electron chi connectivity index (χ0n) is 14.7. The summed E-state index contributed by atoms with van der Waals surface area (Å²) in [4.78, 5) is 12.4. The molecule has 0 radical (unpaired) electrons. The molecular weight excluding hydrogens is 276 g/mol. The number of methoxy groups -OCH3 is 1. The van der Waals surface area contributed by atoms with Crippen LogP contribution in [0.15, 0.2) is 18.2 Å². The minimum absolute atomic E-state index is 0.0892. The van der Waals surface area contributed by atoms with Crippen LogP contribution < -0.4 is 15.6 Å². The van der Waals surface area contributed by atoms with Crippen molar-refractivity contribution in [1.29, 1.82) is 0 Å². The van der Waals surface area contributed by atoms with Gasteiger partial charge in [-0.15, -0.1) is 0 Å². The van der Waals surface area contributed by atoms with E-state index >= 15 is 0 Å². The van der Waals surface area contributed by atoms with Crippen LogP contribution in [0.3, 0.4) is 0 Å². The van der Waals surface area contributed by atoms with Crippen molar-refractivity contribution >= 4 is 5.91 Å². The van der Waals surface area contributed by atoms with Gasteiger partial charge >= 0.3 is 0 Å². The van der Waals surface area contributed by atoms with Gasteiger partial charge in [-0.25, -0.2) is 5.43 Å². The number of hydrogen-bond acceptors (Lipinski definition) is 3.